The predicted octanol–water partition coefficient (Wildman–Crippen LogP) is 2.34. The molecule has 19 heavy (non-hydrogen) atoms. The number of aryl methyl sites for hydroxylation is 1. The summed E-state index contributed by atoms with van der Waals surface area (Å²) in [6, 6.07) is 7.64. The van der Waals surface area contributed by atoms with Gasteiger partial charge in [0.2, 0.25) is 0 Å². The molecule has 1 aliphatic rings. The monoisotopic (exact) mass is 262 g/mol. The second-order valence-corrected chi connectivity index (χ2v) is 5.37. The van der Waals surface area contributed by atoms with E-state index in [4.69, 9.17) is 9.47 Å². The summed E-state index contributed by atoms with van der Waals surface area (Å²) in [4.78, 5) is 23.8. The minimum absolute atomic E-state index is 0.0318. The standard InChI is InChI=1S/C15H18O4/c1-10-5-7-11(8-6-10)15(3)14(2,13(17)18-4)9-12(16)19-15/h5-8H,9H2,1-4H3/t14?,15-/m1/s1. The third-order valence-corrected chi connectivity index (χ3v) is 4.11. The molecule has 4 heteroatoms. The van der Waals surface area contributed by atoms with Crippen LogP contribution in [0.1, 0.15) is 31.4 Å². The highest BCUT2D eigenvalue weighted by atomic mass is 16.6. The van der Waals surface area contributed by atoms with Gasteiger partial charge in [0.15, 0.2) is 5.60 Å². The Labute approximate surface area is 112 Å². The number of methoxy groups -OCH3 is 1. The molecule has 0 aromatic heterocycles. The number of ether oxygens (including phenoxy) is 2. The minimum atomic E-state index is -1.01. The van der Waals surface area contributed by atoms with Gasteiger partial charge in [-0.2, -0.15) is 0 Å². The van der Waals surface area contributed by atoms with E-state index in [0.717, 1.165) is 11.1 Å². The third kappa shape index (κ3) is 1.91. The highest BCUT2D eigenvalue weighted by molar-refractivity contribution is 5.88. The van der Waals surface area contributed by atoms with E-state index in [-0.39, 0.29) is 12.4 Å². The largest absolute Gasteiger partial charge is 0.468 e. The van der Waals surface area contributed by atoms with Crippen LogP contribution in [0.5, 0.6) is 0 Å². The average Bonchev–Trinajstić information content (AvgIpc) is 2.61. The molecule has 1 heterocycles. The van der Waals surface area contributed by atoms with Gasteiger partial charge in [-0.05, 0) is 26.3 Å². The second kappa shape index (κ2) is 4.37. The van der Waals surface area contributed by atoms with Crippen molar-refractivity contribution in [2.24, 2.45) is 5.41 Å². The molecule has 0 amide bonds. The predicted molar refractivity (Wildman–Crippen MR) is 69.4 cm³/mol. The smallest absolute Gasteiger partial charge is 0.316 e. The summed E-state index contributed by atoms with van der Waals surface area (Å²) >= 11 is 0. The first-order valence-electron chi connectivity index (χ1n) is 6.21. The maximum Gasteiger partial charge on any atom is 0.316 e. The molecule has 2 rings (SSSR count). The van der Waals surface area contributed by atoms with Crippen molar-refractivity contribution in [2.75, 3.05) is 7.11 Å². The number of carbonyl (C=O) groups excluding carboxylic acids is 2. The summed E-state index contributed by atoms with van der Waals surface area (Å²) < 4.78 is 10.3. The van der Waals surface area contributed by atoms with Crippen LogP contribution in [0.2, 0.25) is 0 Å². The summed E-state index contributed by atoms with van der Waals surface area (Å²) in [5.74, 6) is -0.808. The molecule has 1 fully saturated rings. The molecule has 2 atom stereocenters. The number of rotatable bonds is 2. The molecule has 1 saturated heterocycles. The first-order valence-corrected chi connectivity index (χ1v) is 6.21. The molecule has 1 aromatic rings. The van der Waals surface area contributed by atoms with Crippen LogP contribution >= 0.6 is 0 Å². The molecule has 1 aromatic carbocycles. The van der Waals surface area contributed by atoms with Gasteiger partial charge in [0.1, 0.15) is 5.41 Å². The fraction of sp³-hybridized carbons (Fsp3) is 0.467. The van der Waals surface area contributed by atoms with Gasteiger partial charge in [-0.15, -0.1) is 0 Å². The molecular weight excluding hydrogens is 244 g/mol. The SMILES string of the molecule is COC(=O)C1(C)CC(=O)O[C@]1(C)c1ccc(C)cc1. The molecular formula is C15H18O4. The molecule has 0 aliphatic carbocycles. The lowest BCUT2D eigenvalue weighted by molar-refractivity contribution is -0.165. The van der Waals surface area contributed by atoms with Gasteiger partial charge >= 0.3 is 11.9 Å². The van der Waals surface area contributed by atoms with E-state index in [1.54, 1.807) is 13.8 Å². The van der Waals surface area contributed by atoms with Gasteiger partial charge in [-0.25, -0.2) is 0 Å². The Morgan fingerprint density at radius 1 is 1.26 bits per heavy atom. The number of carbonyl (C=O) groups is 2. The van der Waals surface area contributed by atoms with E-state index in [0.29, 0.717) is 0 Å². The lowest BCUT2D eigenvalue weighted by Crippen LogP contribution is -2.44. The zero-order chi connectivity index (χ0) is 14.3. The molecule has 4 nitrogen and oxygen atoms in total. The van der Waals surface area contributed by atoms with Crippen molar-refractivity contribution < 1.29 is 19.1 Å². The molecule has 1 aliphatic heterocycles. The van der Waals surface area contributed by atoms with Crippen LogP contribution in [0.25, 0.3) is 0 Å². The van der Waals surface area contributed by atoms with Crippen LogP contribution in [0.15, 0.2) is 24.3 Å². The van der Waals surface area contributed by atoms with E-state index in [9.17, 15) is 9.59 Å². The summed E-state index contributed by atoms with van der Waals surface area (Å²) in [5.41, 5.74) is -0.0906. The Kier molecular flexibility index (Phi) is 3.12. The van der Waals surface area contributed by atoms with Crippen molar-refractivity contribution in [3.05, 3.63) is 35.4 Å². The molecule has 102 valence electrons. The van der Waals surface area contributed by atoms with Crippen LogP contribution < -0.4 is 0 Å². The van der Waals surface area contributed by atoms with E-state index in [2.05, 4.69) is 0 Å². The Bertz CT molecular complexity index is 519. The van der Waals surface area contributed by atoms with Crippen molar-refractivity contribution in [1.82, 2.24) is 0 Å². The highest BCUT2D eigenvalue weighted by Crippen LogP contribution is 2.51. The summed E-state index contributed by atoms with van der Waals surface area (Å²) in [6.45, 7) is 5.45. The van der Waals surface area contributed by atoms with Gasteiger partial charge in [-0.1, -0.05) is 29.8 Å². The molecule has 0 bridgehead atoms. The normalized spacial score (nSPS) is 30.0. The number of esters is 2. The van der Waals surface area contributed by atoms with E-state index >= 15 is 0 Å². The molecule has 1 unspecified atom stereocenters. The van der Waals surface area contributed by atoms with Gasteiger partial charge in [-0.3, -0.25) is 9.59 Å². The number of cyclic esters (lactones) is 1. The first-order chi connectivity index (χ1) is 8.83. The third-order valence-electron chi connectivity index (χ3n) is 4.11. The van der Waals surface area contributed by atoms with E-state index < -0.39 is 17.0 Å². The zero-order valence-electron chi connectivity index (χ0n) is 11.6. The van der Waals surface area contributed by atoms with Gasteiger partial charge in [0.25, 0.3) is 0 Å². The van der Waals surface area contributed by atoms with Crippen molar-refractivity contribution in [3.63, 3.8) is 0 Å². The first kappa shape index (κ1) is 13.6. The fourth-order valence-electron chi connectivity index (χ4n) is 2.58. The Balaban J connectivity index is 2.53. The maximum absolute atomic E-state index is 12.1. The lowest BCUT2D eigenvalue weighted by atomic mass is 9.70. The molecule has 0 N–H and O–H groups in total. The second-order valence-electron chi connectivity index (χ2n) is 5.37. The number of hydrogen-bond acceptors (Lipinski definition) is 4. The number of benzene rings is 1. The van der Waals surface area contributed by atoms with E-state index in [1.807, 2.05) is 31.2 Å². The number of hydrogen-bond donors (Lipinski definition) is 0. The summed E-state index contributed by atoms with van der Waals surface area (Å²) in [7, 11) is 1.33. The minimum Gasteiger partial charge on any atom is -0.468 e. The van der Waals surface area contributed by atoms with Crippen LogP contribution in [0.3, 0.4) is 0 Å². The quantitative estimate of drug-likeness (QED) is 0.768. The fourth-order valence-corrected chi connectivity index (χ4v) is 2.58. The van der Waals surface area contributed by atoms with Crippen LogP contribution in [0.4, 0.5) is 0 Å². The molecule has 0 spiro atoms. The van der Waals surface area contributed by atoms with Crippen molar-refractivity contribution >= 4 is 11.9 Å². The average molecular weight is 262 g/mol. The Hall–Kier alpha value is -1.84. The van der Waals surface area contributed by atoms with Crippen molar-refractivity contribution in [3.8, 4) is 0 Å². The van der Waals surface area contributed by atoms with E-state index in [1.165, 1.54) is 7.11 Å². The van der Waals surface area contributed by atoms with Gasteiger partial charge in [0.05, 0.1) is 13.5 Å². The van der Waals surface area contributed by atoms with Gasteiger partial charge < -0.3 is 9.47 Å². The maximum atomic E-state index is 12.1. The summed E-state index contributed by atoms with van der Waals surface area (Å²) in [5, 5.41) is 0. The van der Waals surface area contributed by atoms with Crippen molar-refractivity contribution in [2.45, 2.75) is 32.8 Å². The Morgan fingerprint density at radius 2 is 1.84 bits per heavy atom. The van der Waals surface area contributed by atoms with Crippen LogP contribution in [-0.4, -0.2) is 19.0 Å². The lowest BCUT2D eigenvalue weighted by Gasteiger charge is -2.36. The Morgan fingerprint density at radius 3 is 2.37 bits per heavy atom. The molecule has 0 radical (unpaired) electrons. The topological polar surface area (TPSA) is 52.6 Å². The zero-order valence-corrected chi connectivity index (χ0v) is 11.6. The van der Waals surface area contributed by atoms with Crippen LogP contribution in [-0.2, 0) is 24.7 Å². The summed E-state index contributed by atoms with van der Waals surface area (Å²) in [6.07, 6.45) is 0.0318. The molecule has 0 saturated carbocycles. The van der Waals surface area contributed by atoms with Crippen LogP contribution in [0, 0.1) is 12.3 Å². The van der Waals surface area contributed by atoms with Crippen molar-refractivity contribution in [1.29, 1.82) is 0 Å². The highest BCUT2D eigenvalue weighted by Gasteiger charge is 2.61. The van der Waals surface area contributed by atoms with Gasteiger partial charge in [0, 0.05) is 0 Å².